The Morgan fingerprint density at radius 2 is 2.31 bits per heavy atom. The molecule has 0 bridgehead atoms. The molecule has 82 valence electrons. The second-order valence-electron chi connectivity index (χ2n) is 3.08. The molecular formula is C10H10BrN5. The fourth-order valence-electron chi connectivity index (χ4n) is 0.972. The predicted molar refractivity (Wildman–Crippen MR) is 67.5 cm³/mol. The van der Waals surface area contributed by atoms with Crippen LogP contribution in [0.4, 0.5) is 5.69 Å². The van der Waals surface area contributed by atoms with Crippen molar-refractivity contribution in [3.8, 4) is 6.07 Å². The Morgan fingerprint density at radius 3 is 2.81 bits per heavy atom. The highest BCUT2D eigenvalue weighted by atomic mass is 79.9. The summed E-state index contributed by atoms with van der Waals surface area (Å²) >= 11 is 3.36. The van der Waals surface area contributed by atoms with Gasteiger partial charge >= 0.3 is 0 Å². The molecule has 4 N–H and O–H groups in total. The largest absolute Gasteiger partial charge is 0.382 e. The monoisotopic (exact) mass is 279 g/mol. The molecule has 0 unspecified atom stereocenters. The van der Waals surface area contributed by atoms with E-state index in [9.17, 15) is 0 Å². The molecule has 0 saturated carbocycles. The molecule has 0 radical (unpaired) electrons. The zero-order valence-corrected chi connectivity index (χ0v) is 10.2. The smallest absolute Gasteiger partial charge is 0.201 e. The maximum Gasteiger partial charge on any atom is 0.201 e. The maximum absolute atomic E-state index is 8.63. The first-order chi connectivity index (χ1) is 7.54. The van der Waals surface area contributed by atoms with Gasteiger partial charge < -0.3 is 5.73 Å². The highest BCUT2D eigenvalue weighted by molar-refractivity contribution is 9.10. The van der Waals surface area contributed by atoms with E-state index in [1.54, 1.807) is 6.07 Å². The molecule has 0 aliphatic carbocycles. The Morgan fingerprint density at radius 1 is 1.62 bits per heavy atom. The van der Waals surface area contributed by atoms with Gasteiger partial charge in [-0.3, -0.25) is 10.8 Å². The van der Waals surface area contributed by atoms with E-state index in [4.69, 9.17) is 16.4 Å². The Kier molecular flexibility index (Phi) is 4.03. The number of aryl methyl sites for hydroxylation is 1. The lowest BCUT2D eigenvalue weighted by molar-refractivity contribution is 1.31. The summed E-state index contributed by atoms with van der Waals surface area (Å²) in [5.41, 5.74) is 9.49. The number of nitrogens with two attached hydrogens (primary N) is 1. The van der Waals surface area contributed by atoms with Crippen LogP contribution in [0.1, 0.15) is 5.56 Å². The molecule has 0 spiro atoms. The van der Waals surface area contributed by atoms with Crippen molar-refractivity contribution in [3.63, 3.8) is 0 Å². The van der Waals surface area contributed by atoms with Crippen molar-refractivity contribution in [2.75, 3.05) is 5.43 Å². The number of hydrogen-bond donors (Lipinski definition) is 3. The molecule has 0 amide bonds. The number of amidine groups is 1. The zero-order valence-electron chi connectivity index (χ0n) is 8.58. The summed E-state index contributed by atoms with van der Waals surface area (Å²) in [6.07, 6.45) is 0. The number of nitriles is 1. The molecule has 0 fully saturated rings. The van der Waals surface area contributed by atoms with E-state index in [0.29, 0.717) is 5.69 Å². The van der Waals surface area contributed by atoms with Crippen molar-refractivity contribution in [2.24, 2.45) is 10.8 Å². The molecule has 5 nitrogen and oxygen atoms in total. The standard InChI is InChI=1S/C10H10BrN5/c1-6-2-3-8(7(11)4-6)15-16-9(5-12)10(13)14/h2-4,15H,1H3,(H3,13,14)/b16-9+. The van der Waals surface area contributed by atoms with Crippen molar-refractivity contribution < 1.29 is 0 Å². The van der Waals surface area contributed by atoms with Crippen LogP contribution in [-0.2, 0) is 0 Å². The molecule has 6 heteroatoms. The quantitative estimate of drug-likeness (QED) is 0.448. The number of anilines is 1. The van der Waals surface area contributed by atoms with Crippen LogP contribution < -0.4 is 11.2 Å². The molecule has 0 atom stereocenters. The predicted octanol–water partition coefficient (Wildman–Crippen LogP) is 1.98. The van der Waals surface area contributed by atoms with Gasteiger partial charge in [-0.1, -0.05) is 6.07 Å². The minimum absolute atomic E-state index is 0.146. The van der Waals surface area contributed by atoms with Crippen LogP contribution in [0, 0.1) is 23.7 Å². The highest BCUT2D eigenvalue weighted by Gasteiger charge is 2.02. The number of benzene rings is 1. The number of nitrogens with one attached hydrogen (secondary N) is 2. The van der Waals surface area contributed by atoms with Crippen molar-refractivity contribution >= 4 is 33.2 Å². The molecule has 0 aliphatic rings. The minimum Gasteiger partial charge on any atom is -0.382 e. The SMILES string of the molecule is Cc1ccc(N/N=C(\C#N)C(=N)N)c(Br)c1. The third-order valence-electron chi connectivity index (χ3n) is 1.77. The van der Waals surface area contributed by atoms with Crippen LogP contribution in [0.15, 0.2) is 27.8 Å². The van der Waals surface area contributed by atoms with E-state index in [0.717, 1.165) is 10.0 Å². The van der Waals surface area contributed by atoms with E-state index < -0.39 is 0 Å². The summed E-state index contributed by atoms with van der Waals surface area (Å²) in [5.74, 6) is -0.363. The average Bonchev–Trinajstić information content (AvgIpc) is 2.21. The van der Waals surface area contributed by atoms with Crippen LogP contribution in [0.3, 0.4) is 0 Å². The zero-order chi connectivity index (χ0) is 12.1. The van der Waals surface area contributed by atoms with Crippen LogP contribution in [-0.4, -0.2) is 11.5 Å². The third kappa shape index (κ3) is 3.07. The number of halogens is 1. The topological polar surface area (TPSA) is 98.0 Å². The van der Waals surface area contributed by atoms with Gasteiger partial charge in [0, 0.05) is 4.47 Å². The van der Waals surface area contributed by atoms with Gasteiger partial charge in [-0.15, -0.1) is 0 Å². The van der Waals surface area contributed by atoms with Crippen LogP contribution in [0.5, 0.6) is 0 Å². The van der Waals surface area contributed by atoms with Gasteiger partial charge in [0.1, 0.15) is 6.07 Å². The normalized spacial score (nSPS) is 10.7. The van der Waals surface area contributed by atoms with E-state index in [1.165, 1.54) is 0 Å². The van der Waals surface area contributed by atoms with Crippen LogP contribution in [0.25, 0.3) is 0 Å². The fraction of sp³-hybridized carbons (Fsp3) is 0.100. The van der Waals surface area contributed by atoms with Gasteiger partial charge in [0.25, 0.3) is 0 Å². The first-order valence-corrected chi connectivity index (χ1v) is 5.18. The van der Waals surface area contributed by atoms with Gasteiger partial charge in [-0.25, -0.2) is 0 Å². The lowest BCUT2D eigenvalue weighted by Crippen LogP contribution is -2.21. The number of nitrogens with zero attached hydrogens (tertiary/aromatic N) is 2. The third-order valence-corrected chi connectivity index (χ3v) is 2.43. The molecule has 0 aliphatic heterocycles. The van der Waals surface area contributed by atoms with E-state index in [1.807, 2.05) is 25.1 Å². The summed E-state index contributed by atoms with van der Waals surface area (Å²) in [5, 5.41) is 19.4. The van der Waals surface area contributed by atoms with Gasteiger partial charge in [-0.05, 0) is 40.5 Å². The number of rotatable bonds is 3. The first kappa shape index (κ1) is 12.2. The van der Waals surface area contributed by atoms with Crippen molar-refractivity contribution in [1.82, 2.24) is 0 Å². The molecule has 16 heavy (non-hydrogen) atoms. The van der Waals surface area contributed by atoms with Gasteiger partial charge in [0.05, 0.1) is 5.69 Å². The Bertz CT molecular complexity index is 486. The van der Waals surface area contributed by atoms with Crippen molar-refractivity contribution in [2.45, 2.75) is 6.92 Å². The molecule has 0 aromatic heterocycles. The van der Waals surface area contributed by atoms with Gasteiger partial charge in [-0.2, -0.15) is 10.4 Å². The van der Waals surface area contributed by atoms with E-state index in [-0.39, 0.29) is 11.5 Å². The summed E-state index contributed by atoms with van der Waals surface area (Å²) < 4.78 is 0.831. The number of hydrazone groups is 1. The van der Waals surface area contributed by atoms with Crippen LogP contribution >= 0.6 is 15.9 Å². The second-order valence-corrected chi connectivity index (χ2v) is 3.94. The lowest BCUT2D eigenvalue weighted by atomic mass is 10.2. The lowest BCUT2D eigenvalue weighted by Gasteiger charge is -2.04. The molecule has 0 saturated heterocycles. The van der Waals surface area contributed by atoms with E-state index in [2.05, 4.69) is 26.5 Å². The summed E-state index contributed by atoms with van der Waals surface area (Å²) in [6.45, 7) is 1.97. The molecule has 1 rings (SSSR count). The summed E-state index contributed by atoms with van der Waals surface area (Å²) in [6, 6.07) is 7.36. The van der Waals surface area contributed by atoms with Crippen molar-refractivity contribution in [3.05, 3.63) is 28.2 Å². The van der Waals surface area contributed by atoms with E-state index >= 15 is 0 Å². The van der Waals surface area contributed by atoms with Crippen LogP contribution in [0.2, 0.25) is 0 Å². The summed E-state index contributed by atoms with van der Waals surface area (Å²) in [7, 11) is 0. The average molecular weight is 280 g/mol. The fourth-order valence-corrected chi connectivity index (χ4v) is 1.55. The molecular weight excluding hydrogens is 270 g/mol. The Labute approximate surface area is 102 Å². The molecule has 1 aromatic rings. The minimum atomic E-state index is -0.363. The highest BCUT2D eigenvalue weighted by Crippen LogP contribution is 2.23. The van der Waals surface area contributed by atoms with Gasteiger partial charge in [0.2, 0.25) is 5.71 Å². The van der Waals surface area contributed by atoms with Gasteiger partial charge in [0.15, 0.2) is 5.84 Å². The molecule has 0 heterocycles. The van der Waals surface area contributed by atoms with Crippen molar-refractivity contribution in [1.29, 1.82) is 10.7 Å². The number of hydrogen-bond acceptors (Lipinski definition) is 4. The summed E-state index contributed by atoms with van der Waals surface area (Å²) in [4.78, 5) is 0. The maximum atomic E-state index is 8.63. The second kappa shape index (κ2) is 5.28. The molecule has 1 aromatic carbocycles. The first-order valence-electron chi connectivity index (χ1n) is 4.39. The Hall–Kier alpha value is -1.87. The Balaban J connectivity index is 2.90.